The molecule has 0 aliphatic rings. The molecule has 0 aliphatic heterocycles. The third-order valence-electron chi connectivity index (χ3n) is 2.35. The van der Waals surface area contributed by atoms with Crippen LogP contribution in [0.15, 0.2) is 18.2 Å². The number of halogens is 4. The van der Waals surface area contributed by atoms with Gasteiger partial charge in [0.2, 0.25) is 5.91 Å². The van der Waals surface area contributed by atoms with Gasteiger partial charge in [0.25, 0.3) is 0 Å². The Labute approximate surface area is 112 Å². The summed E-state index contributed by atoms with van der Waals surface area (Å²) in [5.74, 6) is -1.68. The van der Waals surface area contributed by atoms with Crippen LogP contribution in [0.1, 0.15) is 12.5 Å². The molecule has 0 heterocycles. The van der Waals surface area contributed by atoms with Crippen LogP contribution in [0.4, 0.5) is 23.2 Å². The summed E-state index contributed by atoms with van der Waals surface area (Å²) < 4.78 is 49.1. The Hall–Kier alpha value is -2.30. The van der Waals surface area contributed by atoms with Crippen molar-refractivity contribution < 1.29 is 22.4 Å². The van der Waals surface area contributed by atoms with E-state index in [1.54, 1.807) is 11.4 Å². The molecule has 1 aromatic carbocycles. The Morgan fingerprint density at radius 3 is 2.65 bits per heavy atom. The minimum Gasteiger partial charge on any atom is -0.373 e. The van der Waals surface area contributed by atoms with Gasteiger partial charge in [0.05, 0.1) is 5.69 Å². The second-order valence-corrected chi connectivity index (χ2v) is 3.97. The number of nitrogens with zero attached hydrogens (tertiary/aromatic N) is 1. The summed E-state index contributed by atoms with van der Waals surface area (Å²) in [7, 11) is 0. The lowest BCUT2D eigenvalue weighted by Crippen LogP contribution is -2.42. The summed E-state index contributed by atoms with van der Waals surface area (Å²) in [5.41, 5.74) is -0.259. The minimum atomic E-state index is -4.51. The Morgan fingerprint density at radius 2 is 2.10 bits per heavy atom. The quantitative estimate of drug-likeness (QED) is 0.835. The Morgan fingerprint density at radius 1 is 1.45 bits per heavy atom. The van der Waals surface area contributed by atoms with E-state index in [9.17, 15) is 22.4 Å². The van der Waals surface area contributed by atoms with Crippen LogP contribution in [0.3, 0.4) is 0 Å². The number of nitriles is 1. The van der Waals surface area contributed by atoms with Crippen molar-refractivity contribution >= 4 is 11.6 Å². The number of nitrogens with one attached hydrogen (secondary N) is 2. The van der Waals surface area contributed by atoms with Gasteiger partial charge in [-0.3, -0.25) is 4.79 Å². The molecule has 0 aromatic heterocycles. The maximum absolute atomic E-state index is 13.3. The molecule has 0 saturated carbocycles. The molecule has 1 unspecified atom stereocenters. The van der Waals surface area contributed by atoms with E-state index in [1.807, 2.05) is 0 Å². The zero-order valence-corrected chi connectivity index (χ0v) is 10.4. The second kappa shape index (κ2) is 6.23. The van der Waals surface area contributed by atoms with Crippen LogP contribution >= 0.6 is 0 Å². The number of hydrogen-bond acceptors (Lipinski definition) is 3. The Balaban J connectivity index is 2.72. The van der Waals surface area contributed by atoms with Gasteiger partial charge >= 0.3 is 6.18 Å². The van der Waals surface area contributed by atoms with E-state index >= 15 is 0 Å². The summed E-state index contributed by atoms with van der Waals surface area (Å²) in [6.07, 6.45) is -4.51. The maximum Gasteiger partial charge on any atom is 0.405 e. The van der Waals surface area contributed by atoms with Crippen LogP contribution < -0.4 is 10.6 Å². The zero-order valence-electron chi connectivity index (χ0n) is 10.4. The number of anilines is 1. The lowest BCUT2D eigenvalue weighted by atomic mass is 10.1. The van der Waals surface area contributed by atoms with Crippen LogP contribution in [-0.4, -0.2) is 24.7 Å². The van der Waals surface area contributed by atoms with E-state index in [4.69, 9.17) is 5.26 Å². The summed E-state index contributed by atoms with van der Waals surface area (Å²) in [6, 6.07) is 4.31. The van der Waals surface area contributed by atoms with Crippen LogP contribution in [0.25, 0.3) is 0 Å². The molecule has 0 radical (unpaired) electrons. The topological polar surface area (TPSA) is 64.9 Å². The SMILES string of the molecule is CC(Nc1cccc(F)c1C#N)C(=O)NCC(F)(F)F. The molecule has 0 fully saturated rings. The molecular formula is C12H11F4N3O. The molecule has 108 valence electrons. The number of benzene rings is 1. The van der Waals surface area contributed by atoms with Gasteiger partial charge in [0, 0.05) is 0 Å². The minimum absolute atomic E-state index is 0.0437. The van der Waals surface area contributed by atoms with Gasteiger partial charge in [-0.2, -0.15) is 18.4 Å². The number of amides is 1. The summed E-state index contributed by atoms with van der Waals surface area (Å²) >= 11 is 0. The van der Waals surface area contributed by atoms with Crippen LogP contribution in [-0.2, 0) is 4.79 Å². The van der Waals surface area contributed by atoms with Crippen molar-refractivity contribution in [3.63, 3.8) is 0 Å². The fourth-order valence-corrected chi connectivity index (χ4v) is 1.40. The number of alkyl halides is 3. The van der Waals surface area contributed by atoms with Gasteiger partial charge < -0.3 is 10.6 Å². The number of carbonyl (C=O) groups is 1. The molecule has 1 rings (SSSR count). The Kier molecular flexibility index (Phi) is 4.91. The highest BCUT2D eigenvalue weighted by atomic mass is 19.4. The average Bonchev–Trinajstić information content (AvgIpc) is 2.35. The second-order valence-electron chi connectivity index (χ2n) is 3.97. The molecule has 0 spiro atoms. The normalized spacial score (nSPS) is 12.4. The predicted octanol–water partition coefficient (Wildman–Crippen LogP) is 2.18. The van der Waals surface area contributed by atoms with Gasteiger partial charge in [0.15, 0.2) is 0 Å². The third-order valence-corrected chi connectivity index (χ3v) is 2.35. The number of carbonyl (C=O) groups excluding carboxylic acids is 1. The van der Waals surface area contributed by atoms with Gasteiger partial charge in [0.1, 0.15) is 30.0 Å². The van der Waals surface area contributed by atoms with E-state index in [1.165, 1.54) is 19.1 Å². The third kappa shape index (κ3) is 4.42. The Bertz CT molecular complexity index is 536. The molecule has 1 aromatic rings. The van der Waals surface area contributed by atoms with Crippen molar-refractivity contribution in [1.82, 2.24) is 5.32 Å². The zero-order chi connectivity index (χ0) is 15.3. The van der Waals surface area contributed by atoms with Crippen LogP contribution in [0, 0.1) is 17.1 Å². The summed E-state index contributed by atoms with van der Waals surface area (Å²) in [4.78, 5) is 11.4. The molecule has 1 atom stereocenters. The highest BCUT2D eigenvalue weighted by Gasteiger charge is 2.28. The summed E-state index contributed by atoms with van der Waals surface area (Å²) in [5, 5.41) is 13.0. The van der Waals surface area contributed by atoms with E-state index in [0.29, 0.717) is 0 Å². The standard InChI is InChI=1S/C12H11F4N3O/c1-7(11(20)18-6-12(14,15)16)19-10-4-2-3-9(13)8(10)5-17/h2-4,7,19H,6H2,1H3,(H,18,20). The largest absolute Gasteiger partial charge is 0.405 e. The lowest BCUT2D eigenvalue weighted by molar-refractivity contribution is -0.138. The fraction of sp³-hybridized carbons (Fsp3) is 0.333. The molecule has 0 bridgehead atoms. The monoisotopic (exact) mass is 289 g/mol. The van der Waals surface area contributed by atoms with Crippen molar-refractivity contribution in [3.8, 4) is 6.07 Å². The molecule has 0 aliphatic carbocycles. The molecule has 1 amide bonds. The molecular weight excluding hydrogens is 278 g/mol. The molecule has 20 heavy (non-hydrogen) atoms. The van der Waals surface area contributed by atoms with Crippen molar-refractivity contribution in [2.75, 3.05) is 11.9 Å². The smallest absolute Gasteiger partial charge is 0.373 e. The first kappa shape index (κ1) is 15.8. The molecule has 0 saturated heterocycles. The van der Waals surface area contributed by atoms with Crippen molar-refractivity contribution in [3.05, 3.63) is 29.6 Å². The van der Waals surface area contributed by atoms with Crippen molar-refractivity contribution in [2.24, 2.45) is 0 Å². The first-order valence-corrected chi connectivity index (χ1v) is 5.54. The molecule has 4 nitrogen and oxygen atoms in total. The van der Waals surface area contributed by atoms with Gasteiger partial charge in [-0.25, -0.2) is 4.39 Å². The highest BCUT2D eigenvalue weighted by Crippen LogP contribution is 2.18. The fourth-order valence-electron chi connectivity index (χ4n) is 1.40. The van der Waals surface area contributed by atoms with E-state index in [2.05, 4.69) is 5.32 Å². The van der Waals surface area contributed by atoms with Gasteiger partial charge in [-0.05, 0) is 19.1 Å². The number of rotatable bonds is 4. The highest BCUT2D eigenvalue weighted by molar-refractivity contribution is 5.84. The maximum atomic E-state index is 13.3. The number of hydrogen-bond donors (Lipinski definition) is 2. The molecule has 8 heteroatoms. The first-order chi connectivity index (χ1) is 9.24. The van der Waals surface area contributed by atoms with Gasteiger partial charge in [-0.1, -0.05) is 6.07 Å². The first-order valence-electron chi connectivity index (χ1n) is 5.54. The van der Waals surface area contributed by atoms with Crippen LogP contribution in [0.2, 0.25) is 0 Å². The summed E-state index contributed by atoms with van der Waals surface area (Å²) in [6.45, 7) is -0.149. The van der Waals surface area contributed by atoms with Crippen molar-refractivity contribution in [1.29, 1.82) is 5.26 Å². The average molecular weight is 289 g/mol. The lowest BCUT2D eigenvalue weighted by Gasteiger charge is -2.17. The van der Waals surface area contributed by atoms with Crippen molar-refractivity contribution in [2.45, 2.75) is 19.1 Å². The van der Waals surface area contributed by atoms with E-state index in [0.717, 1.165) is 6.07 Å². The van der Waals surface area contributed by atoms with Gasteiger partial charge in [-0.15, -0.1) is 0 Å². The predicted molar refractivity (Wildman–Crippen MR) is 63.3 cm³/mol. The van der Waals surface area contributed by atoms with Crippen LogP contribution in [0.5, 0.6) is 0 Å². The van der Waals surface area contributed by atoms with E-state index in [-0.39, 0.29) is 11.3 Å². The molecule has 2 N–H and O–H groups in total. The van der Waals surface area contributed by atoms with E-state index < -0.39 is 30.5 Å².